The highest BCUT2D eigenvalue weighted by Gasteiger charge is 2.44. The summed E-state index contributed by atoms with van der Waals surface area (Å²) in [4.78, 5) is 0. The van der Waals surface area contributed by atoms with Crippen molar-refractivity contribution < 1.29 is 23.0 Å². The van der Waals surface area contributed by atoms with E-state index >= 15 is 4.39 Å². The number of hydrogen-bond donors (Lipinski definition) is 3. The van der Waals surface area contributed by atoms with Crippen molar-refractivity contribution in [2.75, 3.05) is 13.3 Å². The number of nitrogens with one attached hydrogen (secondary N) is 1. The van der Waals surface area contributed by atoms with E-state index in [1.807, 2.05) is 13.8 Å². The quantitative estimate of drug-likeness (QED) is 0.287. The van der Waals surface area contributed by atoms with Gasteiger partial charge in [-0.15, -0.1) is 0 Å². The van der Waals surface area contributed by atoms with Crippen molar-refractivity contribution in [1.82, 2.24) is 10.4 Å². The predicted octanol–water partition coefficient (Wildman–Crippen LogP) is 6.18. The van der Waals surface area contributed by atoms with E-state index in [0.29, 0.717) is 16.8 Å². The summed E-state index contributed by atoms with van der Waals surface area (Å²) in [5.41, 5.74) is 8.23. The van der Waals surface area contributed by atoms with Gasteiger partial charge in [0.25, 0.3) is 0 Å². The minimum Gasteiger partial charge on any atom is -0.488 e. The molecule has 0 bridgehead atoms. The Labute approximate surface area is 223 Å². The molecule has 1 aliphatic heterocycles. The molecule has 0 saturated carbocycles. The van der Waals surface area contributed by atoms with Crippen molar-refractivity contribution in [1.29, 1.82) is 0 Å². The van der Waals surface area contributed by atoms with Gasteiger partial charge >= 0.3 is 0 Å². The van der Waals surface area contributed by atoms with Crippen molar-refractivity contribution in [3.63, 3.8) is 0 Å². The van der Waals surface area contributed by atoms with Gasteiger partial charge in [0.2, 0.25) is 0 Å². The Morgan fingerprint density at radius 3 is 2.45 bits per heavy atom. The average Bonchev–Trinajstić information content (AvgIpc) is 2.91. The molecule has 1 heterocycles. The van der Waals surface area contributed by atoms with Gasteiger partial charge in [-0.1, -0.05) is 64.1 Å². The molecule has 0 spiro atoms. The van der Waals surface area contributed by atoms with Crippen LogP contribution < -0.4 is 15.9 Å². The molecule has 0 amide bonds. The molecule has 8 heteroatoms. The van der Waals surface area contributed by atoms with Gasteiger partial charge < -0.3 is 15.6 Å². The molecule has 1 aliphatic rings. The van der Waals surface area contributed by atoms with Gasteiger partial charge in [-0.05, 0) is 54.7 Å². The Morgan fingerprint density at radius 1 is 1.16 bits per heavy atom. The summed E-state index contributed by atoms with van der Waals surface area (Å²) in [6.45, 7) is 10.2. The third kappa shape index (κ3) is 6.14. The van der Waals surface area contributed by atoms with Crippen LogP contribution in [0.1, 0.15) is 51.7 Å². The second-order valence-corrected chi connectivity index (χ2v) is 10.3. The average molecular weight is 530 g/mol. The van der Waals surface area contributed by atoms with E-state index in [1.54, 1.807) is 60.6 Å². The Morgan fingerprint density at radius 2 is 1.84 bits per heavy atom. The van der Waals surface area contributed by atoms with E-state index in [-0.39, 0.29) is 30.7 Å². The Kier molecular flexibility index (Phi) is 9.46. The lowest BCUT2D eigenvalue weighted by Gasteiger charge is -2.41. The van der Waals surface area contributed by atoms with Crippen molar-refractivity contribution in [2.24, 2.45) is 17.1 Å². The van der Waals surface area contributed by atoms with E-state index in [4.69, 9.17) is 10.5 Å². The van der Waals surface area contributed by atoms with E-state index in [0.717, 1.165) is 12.5 Å². The summed E-state index contributed by atoms with van der Waals surface area (Å²) < 4.78 is 49.8. The highest BCUT2D eigenvalue weighted by Crippen LogP contribution is 2.43. The van der Waals surface area contributed by atoms with Crippen molar-refractivity contribution in [3.8, 4) is 5.75 Å². The first-order valence-corrected chi connectivity index (χ1v) is 12.8. The maximum atomic E-state index is 15.5. The monoisotopic (exact) mass is 529 g/mol. The van der Waals surface area contributed by atoms with E-state index in [9.17, 15) is 13.9 Å². The fourth-order valence-corrected chi connectivity index (χ4v) is 4.20. The van der Waals surface area contributed by atoms with Gasteiger partial charge in [-0.2, -0.15) is 0 Å². The zero-order valence-electron chi connectivity index (χ0n) is 22.5. The first kappa shape index (κ1) is 29.5. The van der Waals surface area contributed by atoms with Crippen LogP contribution in [0.25, 0.3) is 5.57 Å². The van der Waals surface area contributed by atoms with Crippen molar-refractivity contribution >= 4 is 5.57 Å². The lowest BCUT2D eigenvalue weighted by Crippen LogP contribution is -2.49. The zero-order chi connectivity index (χ0) is 28.1. The molecule has 5 nitrogen and oxygen atoms in total. The van der Waals surface area contributed by atoms with Crippen LogP contribution in [-0.4, -0.2) is 29.6 Å². The van der Waals surface area contributed by atoms with Crippen LogP contribution in [-0.2, 0) is 5.60 Å². The fraction of sp³-hybridized carbons (Fsp3) is 0.400. The maximum Gasteiger partial charge on any atom is 0.191 e. The lowest BCUT2D eigenvalue weighted by atomic mass is 9.69. The number of ether oxygens (including phenoxy) is 1. The molecule has 38 heavy (non-hydrogen) atoms. The first-order chi connectivity index (χ1) is 17.9. The SMILES string of the molecule is C=C1C=C(c2ccc(F)c(OCCC(C)(CF)C(C)(O)c3ccccc3)c2F)C=CN1NC(N)C(C)CC. The van der Waals surface area contributed by atoms with Gasteiger partial charge in [0, 0.05) is 17.2 Å². The Bertz CT molecular complexity index is 1180. The van der Waals surface area contributed by atoms with Gasteiger partial charge in [-0.25, -0.2) is 14.2 Å². The smallest absolute Gasteiger partial charge is 0.191 e. The molecule has 0 saturated heterocycles. The Hall–Kier alpha value is -3.07. The van der Waals surface area contributed by atoms with E-state index in [1.165, 1.54) is 13.0 Å². The Balaban J connectivity index is 1.75. The number of alkyl halides is 1. The van der Waals surface area contributed by atoms with Gasteiger partial charge in [-0.3, -0.25) is 9.40 Å². The standard InChI is InChI=1S/C30H38F3N3O2/c1-6-20(2)28(34)35-36-16-14-22(18-21(36)3)24-12-13-25(32)27(26(24)33)38-17-15-29(4,19-31)30(5,37)23-10-8-7-9-11-23/h7-14,16,18,20,28,35,37H,3,6,15,17,19,34H2,1-2,4-5H3. The highest BCUT2D eigenvalue weighted by molar-refractivity contribution is 5.78. The molecule has 0 radical (unpaired) electrons. The first-order valence-electron chi connectivity index (χ1n) is 12.8. The minimum absolute atomic E-state index is 0.0188. The predicted molar refractivity (Wildman–Crippen MR) is 145 cm³/mol. The van der Waals surface area contributed by atoms with E-state index < -0.39 is 35.1 Å². The molecule has 3 rings (SSSR count). The topological polar surface area (TPSA) is 70.8 Å². The van der Waals surface area contributed by atoms with Crippen LogP contribution in [0.15, 0.2) is 73.1 Å². The minimum atomic E-state index is -1.53. The van der Waals surface area contributed by atoms with E-state index in [2.05, 4.69) is 12.0 Å². The van der Waals surface area contributed by atoms with Crippen LogP contribution in [0.4, 0.5) is 13.2 Å². The number of nitrogens with two attached hydrogens (primary N) is 1. The van der Waals surface area contributed by atoms with Crippen LogP contribution >= 0.6 is 0 Å². The maximum absolute atomic E-state index is 15.5. The van der Waals surface area contributed by atoms with Gasteiger partial charge in [0.1, 0.15) is 0 Å². The summed E-state index contributed by atoms with van der Waals surface area (Å²) in [5, 5.41) is 12.8. The van der Waals surface area contributed by atoms with Crippen molar-refractivity contribution in [2.45, 2.75) is 52.3 Å². The van der Waals surface area contributed by atoms with Crippen LogP contribution in [0.3, 0.4) is 0 Å². The summed E-state index contributed by atoms with van der Waals surface area (Å²) in [5.74, 6) is -2.07. The molecular weight excluding hydrogens is 491 g/mol. The summed E-state index contributed by atoms with van der Waals surface area (Å²) in [7, 11) is 0. The number of hydrogen-bond acceptors (Lipinski definition) is 5. The van der Waals surface area contributed by atoms with Crippen LogP contribution in [0, 0.1) is 23.0 Å². The molecule has 4 N–H and O–H groups in total. The van der Waals surface area contributed by atoms with Crippen LogP contribution in [0.2, 0.25) is 0 Å². The molecule has 0 aromatic heterocycles. The third-order valence-electron chi connectivity index (χ3n) is 7.65. The molecule has 4 unspecified atom stereocenters. The molecule has 0 fully saturated rings. The highest BCUT2D eigenvalue weighted by atomic mass is 19.1. The summed E-state index contributed by atoms with van der Waals surface area (Å²) >= 11 is 0. The summed E-state index contributed by atoms with van der Waals surface area (Å²) in [6.07, 6.45) is 5.64. The lowest BCUT2D eigenvalue weighted by molar-refractivity contribution is -0.0882. The third-order valence-corrected chi connectivity index (χ3v) is 7.65. The van der Waals surface area contributed by atoms with Gasteiger partial charge in [0.05, 0.1) is 30.7 Å². The fourth-order valence-electron chi connectivity index (χ4n) is 4.20. The number of halogens is 3. The second kappa shape index (κ2) is 12.2. The normalized spacial score (nSPS) is 18.4. The molecule has 4 atom stereocenters. The van der Waals surface area contributed by atoms with Crippen molar-refractivity contribution in [3.05, 3.63) is 95.9 Å². The molecule has 206 valence electrons. The largest absolute Gasteiger partial charge is 0.488 e. The number of aliphatic hydroxyl groups is 1. The molecule has 2 aromatic rings. The zero-order valence-corrected chi connectivity index (χ0v) is 22.5. The number of nitrogens with zero attached hydrogens (tertiary/aromatic N) is 1. The van der Waals surface area contributed by atoms with Gasteiger partial charge in [0.15, 0.2) is 17.4 Å². The number of benzene rings is 2. The number of allylic oxidation sites excluding steroid dienone is 3. The molecule has 0 aliphatic carbocycles. The molecule has 2 aromatic carbocycles. The second-order valence-electron chi connectivity index (χ2n) is 10.3. The summed E-state index contributed by atoms with van der Waals surface area (Å²) in [6, 6.07) is 11.2. The molecular formula is C30H38F3N3O2. The number of rotatable bonds is 12. The number of hydrazine groups is 1. The van der Waals surface area contributed by atoms with Crippen LogP contribution in [0.5, 0.6) is 5.75 Å².